The molecule has 0 saturated carbocycles. The minimum atomic E-state index is -4.39. The van der Waals surface area contributed by atoms with Gasteiger partial charge in [0.25, 0.3) is 0 Å². The lowest BCUT2D eigenvalue weighted by molar-refractivity contribution is -0.140. The number of guanidine groups is 1. The van der Waals surface area contributed by atoms with Gasteiger partial charge in [-0.1, -0.05) is 0 Å². The van der Waals surface area contributed by atoms with Crippen molar-refractivity contribution in [1.82, 2.24) is 15.6 Å². The van der Waals surface area contributed by atoms with Crippen molar-refractivity contribution in [3.63, 3.8) is 0 Å². The number of hydrogen-bond donors (Lipinski definition) is 2. The van der Waals surface area contributed by atoms with Crippen molar-refractivity contribution < 1.29 is 22.6 Å². The van der Waals surface area contributed by atoms with Gasteiger partial charge in [0.05, 0.1) is 17.2 Å². The molecule has 2 rings (SSSR count). The van der Waals surface area contributed by atoms with Crippen molar-refractivity contribution >= 4 is 17.3 Å². The van der Waals surface area contributed by atoms with Crippen molar-refractivity contribution in [2.24, 2.45) is 4.99 Å². The molecular weight excluding hydrogens is 369 g/mol. The molecule has 0 spiro atoms. The fourth-order valence-corrected chi connectivity index (χ4v) is 3.38. The second kappa shape index (κ2) is 9.52. The number of methoxy groups -OCH3 is 1. The number of nitrogens with one attached hydrogen (secondary N) is 2. The van der Waals surface area contributed by atoms with E-state index in [2.05, 4.69) is 20.6 Å². The lowest BCUT2D eigenvalue weighted by Gasteiger charge is -2.34. The van der Waals surface area contributed by atoms with Crippen LogP contribution in [0.1, 0.15) is 30.5 Å². The van der Waals surface area contributed by atoms with E-state index in [4.69, 9.17) is 9.47 Å². The molecule has 1 aliphatic rings. The molecule has 148 valence electrons. The van der Waals surface area contributed by atoms with Gasteiger partial charge in [0.15, 0.2) is 11.7 Å². The molecule has 1 saturated heterocycles. The molecule has 6 nitrogen and oxygen atoms in total. The normalized spacial score (nSPS) is 18.0. The van der Waals surface area contributed by atoms with Gasteiger partial charge in [-0.2, -0.15) is 13.2 Å². The zero-order valence-electron chi connectivity index (χ0n) is 15.0. The van der Waals surface area contributed by atoms with Gasteiger partial charge in [0.2, 0.25) is 0 Å². The number of hydrogen-bond acceptors (Lipinski definition) is 5. The van der Waals surface area contributed by atoms with Crippen LogP contribution in [-0.2, 0) is 22.1 Å². The summed E-state index contributed by atoms with van der Waals surface area (Å²) in [5.74, 6) is 0.614. The van der Waals surface area contributed by atoms with E-state index in [-0.39, 0.29) is 5.60 Å². The van der Waals surface area contributed by atoms with Gasteiger partial charge in [-0.3, -0.25) is 4.99 Å². The Morgan fingerprint density at radius 3 is 2.69 bits per heavy atom. The highest BCUT2D eigenvalue weighted by Crippen LogP contribution is 2.30. The minimum absolute atomic E-state index is 0.322. The zero-order valence-corrected chi connectivity index (χ0v) is 15.8. The molecule has 0 amide bonds. The number of nitrogens with zero attached hydrogens (tertiary/aromatic N) is 2. The summed E-state index contributed by atoms with van der Waals surface area (Å²) in [6, 6.07) is 0. The average molecular weight is 394 g/mol. The van der Waals surface area contributed by atoms with Gasteiger partial charge >= 0.3 is 6.18 Å². The summed E-state index contributed by atoms with van der Waals surface area (Å²) in [6.45, 7) is 4.88. The molecule has 10 heteroatoms. The van der Waals surface area contributed by atoms with E-state index in [9.17, 15) is 13.2 Å². The number of thiazole rings is 1. The third-order valence-electron chi connectivity index (χ3n) is 4.18. The van der Waals surface area contributed by atoms with Crippen molar-refractivity contribution in [2.45, 2.75) is 38.0 Å². The smallest absolute Gasteiger partial charge is 0.381 e. The van der Waals surface area contributed by atoms with Crippen LogP contribution < -0.4 is 10.6 Å². The van der Waals surface area contributed by atoms with E-state index in [1.54, 1.807) is 7.11 Å². The highest BCUT2D eigenvalue weighted by molar-refractivity contribution is 7.09. The van der Waals surface area contributed by atoms with E-state index in [1.165, 1.54) is 0 Å². The first-order valence-corrected chi connectivity index (χ1v) is 9.43. The summed E-state index contributed by atoms with van der Waals surface area (Å²) in [5, 5.41) is 7.76. The van der Waals surface area contributed by atoms with Crippen LogP contribution in [0, 0.1) is 0 Å². The number of rotatable bonds is 7. The fraction of sp³-hybridized carbons (Fsp3) is 0.750. The fourth-order valence-electron chi connectivity index (χ4n) is 2.58. The molecule has 0 bridgehead atoms. The Kier molecular flexibility index (Phi) is 7.66. The van der Waals surface area contributed by atoms with Crippen LogP contribution in [0.2, 0.25) is 0 Å². The molecule has 1 aliphatic heterocycles. The molecule has 0 atom stereocenters. The lowest BCUT2D eigenvalue weighted by Crippen LogP contribution is -2.44. The van der Waals surface area contributed by atoms with E-state index in [1.807, 2.05) is 6.92 Å². The van der Waals surface area contributed by atoms with Crippen LogP contribution >= 0.6 is 11.3 Å². The summed E-state index contributed by atoms with van der Waals surface area (Å²) in [5.41, 5.74) is -1.16. The van der Waals surface area contributed by atoms with Crippen LogP contribution in [0.4, 0.5) is 13.2 Å². The van der Waals surface area contributed by atoms with Crippen LogP contribution in [0.5, 0.6) is 0 Å². The highest BCUT2D eigenvalue weighted by atomic mass is 32.1. The molecule has 0 radical (unpaired) electrons. The number of aromatic nitrogens is 1. The number of alkyl halides is 3. The summed E-state index contributed by atoms with van der Waals surface area (Å²) >= 11 is 1.02. The second-order valence-corrected chi connectivity index (χ2v) is 6.94. The van der Waals surface area contributed by atoms with E-state index in [0.29, 0.717) is 50.2 Å². The van der Waals surface area contributed by atoms with Crippen molar-refractivity contribution in [1.29, 1.82) is 0 Å². The van der Waals surface area contributed by atoms with E-state index >= 15 is 0 Å². The Morgan fingerprint density at radius 1 is 1.38 bits per heavy atom. The number of halogens is 3. The van der Waals surface area contributed by atoms with E-state index in [0.717, 1.165) is 29.6 Å². The maximum Gasteiger partial charge on any atom is 0.434 e. The van der Waals surface area contributed by atoms with Crippen LogP contribution in [0.15, 0.2) is 10.4 Å². The predicted molar refractivity (Wildman–Crippen MR) is 94.6 cm³/mol. The molecule has 0 unspecified atom stereocenters. The molecule has 1 fully saturated rings. The van der Waals surface area contributed by atoms with Gasteiger partial charge in [-0.25, -0.2) is 4.98 Å². The van der Waals surface area contributed by atoms with E-state index < -0.39 is 11.9 Å². The third-order valence-corrected chi connectivity index (χ3v) is 5.09. The molecule has 1 aromatic heterocycles. The SMILES string of the molecule is CCNC(=NCC1(OC)CCOCC1)NCCc1nc(C(F)(F)F)cs1. The van der Waals surface area contributed by atoms with Crippen molar-refractivity contribution in [3.05, 3.63) is 16.1 Å². The Hall–Kier alpha value is -1.39. The summed E-state index contributed by atoms with van der Waals surface area (Å²) in [4.78, 5) is 8.20. The minimum Gasteiger partial charge on any atom is -0.381 e. The first kappa shape index (κ1) is 20.9. The third kappa shape index (κ3) is 6.10. The van der Waals surface area contributed by atoms with Gasteiger partial charge in [-0.15, -0.1) is 11.3 Å². The predicted octanol–water partition coefficient (Wildman–Crippen LogP) is 2.46. The largest absolute Gasteiger partial charge is 0.434 e. The Balaban J connectivity index is 1.88. The first-order chi connectivity index (χ1) is 12.4. The van der Waals surface area contributed by atoms with Crippen LogP contribution in [0.25, 0.3) is 0 Å². The molecule has 26 heavy (non-hydrogen) atoms. The molecule has 0 aliphatic carbocycles. The van der Waals surface area contributed by atoms with Crippen LogP contribution in [0.3, 0.4) is 0 Å². The Morgan fingerprint density at radius 2 is 2.12 bits per heavy atom. The molecule has 2 heterocycles. The summed E-state index contributed by atoms with van der Waals surface area (Å²) in [6.07, 6.45) is -2.43. The van der Waals surface area contributed by atoms with Crippen molar-refractivity contribution in [3.8, 4) is 0 Å². The van der Waals surface area contributed by atoms with Crippen LogP contribution in [-0.4, -0.2) is 56.5 Å². The maximum absolute atomic E-state index is 12.6. The zero-order chi connectivity index (χ0) is 19.0. The topological polar surface area (TPSA) is 67.8 Å². The van der Waals surface area contributed by atoms with Gasteiger partial charge in [0.1, 0.15) is 0 Å². The van der Waals surface area contributed by atoms with Crippen molar-refractivity contribution in [2.75, 3.05) is 40.0 Å². The standard InChI is InChI=1S/C16H25F3N4O2S/c1-3-20-14(22-11-15(24-2)5-8-25-9-6-15)21-7-4-13-23-12(10-26-13)16(17,18)19/h10H,3-9,11H2,1-2H3,(H2,20,21,22). The molecule has 1 aromatic rings. The maximum atomic E-state index is 12.6. The summed E-state index contributed by atoms with van der Waals surface area (Å²) in [7, 11) is 1.68. The quantitative estimate of drug-likeness (QED) is 0.549. The molecular formula is C16H25F3N4O2S. The Labute approximate surface area is 155 Å². The molecule has 0 aromatic carbocycles. The molecule has 2 N–H and O–H groups in total. The first-order valence-electron chi connectivity index (χ1n) is 8.55. The number of aliphatic imine (C=N–C) groups is 1. The van der Waals surface area contributed by atoms with Gasteiger partial charge in [-0.05, 0) is 6.92 Å². The second-order valence-electron chi connectivity index (χ2n) is 6.00. The van der Waals surface area contributed by atoms with Gasteiger partial charge < -0.3 is 20.1 Å². The highest BCUT2D eigenvalue weighted by Gasteiger charge is 2.34. The lowest BCUT2D eigenvalue weighted by atomic mass is 9.94. The Bertz CT molecular complexity index is 586. The summed E-state index contributed by atoms with van der Waals surface area (Å²) < 4.78 is 48.8. The number of ether oxygens (including phenoxy) is 2. The average Bonchev–Trinajstić information content (AvgIpc) is 3.10. The monoisotopic (exact) mass is 394 g/mol. The van der Waals surface area contributed by atoms with Gasteiger partial charge in [0, 0.05) is 58.1 Å².